The van der Waals surface area contributed by atoms with Gasteiger partial charge in [0, 0.05) is 30.9 Å². The minimum atomic E-state index is -0.132. The molecule has 1 N–H and O–H groups in total. The Kier molecular flexibility index (Phi) is 6.17. The Morgan fingerprint density at radius 2 is 1.96 bits per heavy atom. The van der Waals surface area contributed by atoms with Gasteiger partial charge in [0.15, 0.2) is 0 Å². The van der Waals surface area contributed by atoms with Crippen molar-refractivity contribution in [3.05, 3.63) is 53.9 Å². The first-order chi connectivity index (χ1) is 12.6. The molecule has 0 aliphatic carbocycles. The van der Waals surface area contributed by atoms with E-state index in [1.54, 1.807) is 26.4 Å². The lowest BCUT2D eigenvalue weighted by atomic mass is 9.92. The van der Waals surface area contributed by atoms with Gasteiger partial charge in [0.2, 0.25) is 5.91 Å². The number of benzene rings is 1. The first kappa shape index (κ1) is 18.3. The smallest absolute Gasteiger partial charge is 0.316 e. The summed E-state index contributed by atoms with van der Waals surface area (Å²) >= 11 is 0. The molecule has 0 spiro atoms. The Balaban J connectivity index is 1.68. The number of nitrogens with one attached hydrogen (secondary N) is 1. The molecule has 1 aromatic carbocycles. The third-order valence-electron chi connectivity index (χ3n) is 4.61. The minimum absolute atomic E-state index is 0.0107. The SMILES string of the molecule is COc1ncc([C@@H]2C[C@H](NC(C)=O)C[C@H](CCc3ccccc3)O2)cn1. The number of rotatable bonds is 6. The van der Waals surface area contributed by atoms with Gasteiger partial charge in [-0.3, -0.25) is 4.79 Å². The number of methoxy groups -OCH3 is 1. The highest BCUT2D eigenvalue weighted by Crippen LogP contribution is 2.33. The van der Waals surface area contributed by atoms with Crippen molar-refractivity contribution in [1.82, 2.24) is 15.3 Å². The van der Waals surface area contributed by atoms with Crippen molar-refractivity contribution in [3.8, 4) is 6.01 Å². The van der Waals surface area contributed by atoms with Crippen LogP contribution in [-0.2, 0) is 16.0 Å². The molecule has 138 valence electrons. The van der Waals surface area contributed by atoms with Crippen LogP contribution in [0.25, 0.3) is 0 Å². The van der Waals surface area contributed by atoms with Crippen LogP contribution in [-0.4, -0.2) is 35.1 Å². The van der Waals surface area contributed by atoms with Crippen LogP contribution in [0.1, 0.15) is 43.4 Å². The second-order valence-electron chi connectivity index (χ2n) is 6.64. The lowest BCUT2D eigenvalue weighted by Gasteiger charge is -2.36. The number of aryl methyl sites for hydroxylation is 1. The van der Waals surface area contributed by atoms with Crippen molar-refractivity contribution in [3.63, 3.8) is 0 Å². The normalized spacial score (nSPS) is 22.6. The molecule has 1 amide bonds. The zero-order chi connectivity index (χ0) is 18.4. The summed E-state index contributed by atoms with van der Waals surface area (Å²) in [4.78, 5) is 19.9. The van der Waals surface area contributed by atoms with Gasteiger partial charge in [-0.2, -0.15) is 0 Å². The summed E-state index contributed by atoms with van der Waals surface area (Å²) in [5.41, 5.74) is 2.20. The lowest BCUT2D eigenvalue weighted by Crippen LogP contribution is -2.42. The Labute approximate surface area is 154 Å². The number of carbonyl (C=O) groups excluding carboxylic acids is 1. The average Bonchev–Trinajstić information content (AvgIpc) is 2.66. The largest absolute Gasteiger partial charge is 0.467 e. The molecule has 6 nitrogen and oxygen atoms in total. The number of amides is 1. The maximum atomic E-state index is 11.5. The van der Waals surface area contributed by atoms with E-state index in [-0.39, 0.29) is 24.2 Å². The molecule has 0 unspecified atom stereocenters. The van der Waals surface area contributed by atoms with Crippen LogP contribution in [0.3, 0.4) is 0 Å². The van der Waals surface area contributed by atoms with E-state index in [9.17, 15) is 4.79 Å². The first-order valence-electron chi connectivity index (χ1n) is 8.96. The van der Waals surface area contributed by atoms with Gasteiger partial charge in [-0.1, -0.05) is 30.3 Å². The van der Waals surface area contributed by atoms with Crippen LogP contribution < -0.4 is 10.1 Å². The quantitative estimate of drug-likeness (QED) is 0.862. The highest BCUT2D eigenvalue weighted by atomic mass is 16.5. The third-order valence-corrected chi connectivity index (χ3v) is 4.61. The molecule has 1 aliphatic heterocycles. The molecule has 6 heteroatoms. The Morgan fingerprint density at radius 1 is 1.23 bits per heavy atom. The van der Waals surface area contributed by atoms with Crippen molar-refractivity contribution < 1.29 is 14.3 Å². The van der Waals surface area contributed by atoms with Gasteiger partial charge in [-0.05, 0) is 31.2 Å². The second kappa shape index (κ2) is 8.76. The Hall–Kier alpha value is -2.47. The van der Waals surface area contributed by atoms with Gasteiger partial charge >= 0.3 is 6.01 Å². The van der Waals surface area contributed by atoms with E-state index in [0.717, 1.165) is 31.2 Å². The first-order valence-corrected chi connectivity index (χ1v) is 8.96. The van der Waals surface area contributed by atoms with Gasteiger partial charge < -0.3 is 14.8 Å². The monoisotopic (exact) mass is 355 g/mol. The molecule has 0 saturated carbocycles. The molecule has 1 saturated heterocycles. The zero-order valence-electron chi connectivity index (χ0n) is 15.2. The Bertz CT molecular complexity index is 706. The second-order valence-corrected chi connectivity index (χ2v) is 6.64. The summed E-state index contributed by atoms with van der Waals surface area (Å²) in [5, 5.41) is 3.05. The topological polar surface area (TPSA) is 73.3 Å². The molecule has 3 atom stereocenters. The summed E-state index contributed by atoms with van der Waals surface area (Å²) in [6.45, 7) is 1.56. The fourth-order valence-corrected chi connectivity index (χ4v) is 3.39. The van der Waals surface area contributed by atoms with Crippen LogP contribution >= 0.6 is 0 Å². The van der Waals surface area contributed by atoms with E-state index in [2.05, 4.69) is 39.6 Å². The summed E-state index contributed by atoms with van der Waals surface area (Å²) in [6.07, 6.45) is 6.82. The van der Waals surface area contributed by atoms with Gasteiger partial charge in [-0.15, -0.1) is 0 Å². The average molecular weight is 355 g/mol. The van der Waals surface area contributed by atoms with Crippen LogP contribution in [0.5, 0.6) is 6.01 Å². The predicted molar refractivity (Wildman–Crippen MR) is 97.8 cm³/mol. The van der Waals surface area contributed by atoms with E-state index in [1.165, 1.54) is 5.56 Å². The van der Waals surface area contributed by atoms with E-state index in [0.29, 0.717) is 6.01 Å². The molecule has 3 rings (SSSR count). The van der Waals surface area contributed by atoms with Crippen LogP contribution in [0, 0.1) is 0 Å². The number of hydrogen-bond donors (Lipinski definition) is 1. The fourth-order valence-electron chi connectivity index (χ4n) is 3.39. The van der Waals surface area contributed by atoms with Crippen molar-refractivity contribution >= 4 is 5.91 Å². The molecule has 0 radical (unpaired) electrons. The van der Waals surface area contributed by atoms with E-state index in [1.807, 2.05) is 6.07 Å². The fraction of sp³-hybridized carbons (Fsp3) is 0.450. The number of nitrogens with zero attached hydrogens (tertiary/aromatic N) is 2. The molecule has 26 heavy (non-hydrogen) atoms. The number of ether oxygens (including phenoxy) is 2. The summed E-state index contributed by atoms with van der Waals surface area (Å²) < 4.78 is 11.3. The maximum absolute atomic E-state index is 11.5. The zero-order valence-corrected chi connectivity index (χ0v) is 15.2. The molecule has 1 fully saturated rings. The lowest BCUT2D eigenvalue weighted by molar-refractivity contribution is -0.122. The molecule has 2 heterocycles. The Morgan fingerprint density at radius 3 is 2.62 bits per heavy atom. The van der Waals surface area contributed by atoms with Crippen LogP contribution in [0.4, 0.5) is 0 Å². The standard InChI is InChI=1S/C20H25N3O3/c1-14(24)23-17-10-18(9-8-15-6-4-3-5-7-15)26-19(11-17)16-12-21-20(25-2)22-13-16/h3-7,12-13,17-19H,8-11H2,1-2H3,(H,23,24)/t17-,18+,19+/m1/s1. The number of hydrogen-bond acceptors (Lipinski definition) is 5. The van der Waals surface area contributed by atoms with E-state index < -0.39 is 0 Å². The minimum Gasteiger partial charge on any atom is -0.467 e. The molecular weight excluding hydrogens is 330 g/mol. The summed E-state index contributed by atoms with van der Waals surface area (Å²) in [5.74, 6) is -0.0107. The van der Waals surface area contributed by atoms with Crippen LogP contribution in [0.2, 0.25) is 0 Å². The van der Waals surface area contributed by atoms with Gasteiger partial charge in [0.05, 0.1) is 19.3 Å². The van der Waals surface area contributed by atoms with Gasteiger partial charge in [0.25, 0.3) is 0 Å². The molecule has 0 bridgehead atoms. The summed E-state index contributed by atoms with van der Waals surface area (Å²) in [7, 11) is 1.54. The van der Waals surface area contributed by atoms with Gasteiger partial charge in [-0.25, -0.2) is 9.97 Å². The van der Waals surface area contributed by atoms with Crippen molar-refractivity contribution in [2.45, 2.75) is 50.9 Å². The third kappa shape index (κ3) is 5.02. The van der Waals surface area contributed by atoms with Crippen molar-refractivity contribution in [2.24, 2.45) is 0 Å². The number of aromatic nitrogens is 2. The highest BCUT2D eigenvalue weighted by Gasteiger charge is 2.31. The van der Waals surface area contributed by atoms with E-state index >= 15 is 0 Å². The van der Waals surface area contributed by atoms with Crippen molar-refractivity contribution in [2.75, 3.05) is 7.11 Å². The molecule has 2 aromatic rings. The van der Waals surface area contributed by atoms with Crippen molar-refractivity contribution in [1.29, 1.82) is 0 Å². The van der Waals surface area contributed by atoms with Crippen LogP contribution in [0.15, 0.2) is 42.7 Å². The molecular formula is C20H25N3O3. The summed E-state index contributed by atoms with van der Waals surface area (Å²) in [6, 6.07) is 10.8. The molecule has 1 aliphatic rings. The molecule has 1 aromatic heterocycles. The van der Waals surface area contributed by atoms with Gasteiger partial charge in [0.1, 0.15) is 0 Å². The highest BCUT2D eigenvalue weighted by molar-refractivity contribution is 5.73. The predicted octanol–water partition coefficient (Wildman–Crippen LogP) is 2.84. The number of carbonyl (C=O) groups is 1. The van der Waals surface area contributed by atoms with E-state index in [4.69, 9.17) is 9.47 Å². The maximum Gasteiger partial charge on any atom is 0.316 e.